The monoisotopic (exact) mass is 248 g/mol. The molecule has 18 heavy (non-hydrogen) atoms. The van der Waals surface area contributed by atoms with Crippen molar-refractivity contribution >= 4 is 5.69 Å². The molecule has 1 aromatic rings. The fraction of sp³-hybridized carbons (Fsp3) is 0.600. The Labute approximate surface area is 110 Å². The first-order valence-electron chi connectivity index (χ1n) is 6.99. The van der Waals surface area contributed by atoms with Gasteiger partial charge >= 0.3 is 0 Å². The van der Waals surface area contributed by atoms with Crippen LogP contribution in [-0.4, -0.2) is 35.7 Å². The van der Waals surface area contributed by atoms with E-state index in [9.17, 15) is 5.11 Å². The molecule has 0 spiro atoms. The second-order valence-electron chi connectivity index (χ2n) is 5.21. The van der Waals surface area contributed by atoms with Crippen molar-refractivity contribution in [3.63, 3.8) is 0 Å². The Morgan fingerprint density at radius 2 is 1.94 bits per heavy atom. The van der Waals surface area contributed by atoms with Gasteiger partial charge in [0.25, 0.3) is 0 Å². The molecule has 0 aliphatic carbocycles. The van der Waals surface area contributed by atoms with Crippen LogP contribution < -0.4 is 5.73 Å². The summed E-state index contributed by atoms with van der Waals surface area (Å²) < 4.78 is 0. The van der Waals surface area contributed by atoms with Crippen LogP contribution in [0.5, 0.6) is 0 Å². The maximum atomic E-state index is 9.46. The van der Waals surface area contributed by atoms with E-state index in [0.717, 1.165) is 31.6 Å². The third-order valence-electron chi connectivity index (χ3n) is 3.88. The van der Waals surface area contributed by atoms with Gasteiger partial charge in [-0.05, 0) is 43.5 Å². The number of benzene rings is 1. The number of nitrogen functional groups attached to an aromatic ring is 1. The summed E-state index contributed by atoms with van der Waals surface area (Å²) in [4.78, 5) is 2.45. The molecular formula is C15H24N2O. The Balaban J connectivity index is 1.88. The minimum Gasteiger partial charge on any atom is -0.399 e. The Bertz CT molecular complexity index is 350. The van der Waals surface area contributed by atoms with Crippen LogP contribution in [0.3, 0.4) is 0 Å². The molecule has 1 unspecified atom stereocenters. The van der Waals surface area contributed by atoms with Crippen LogP contribution in [0.25, 0.3) is 0 Å². The van der Waals surface area contributed by atoms with Crippen molar-refractivity contribution in [2.24, 2.45) is 0 Å². The Kier molecular flexibility index (Phi) is 5.02. The van der Waals surface area contributed by atoms with Gasteiger partial charge in [-0.2, -0.15) is 0 Å². The number of anilines is 1. The van der Waals surface area contributed by atoms with E-state index in [1.807, 2.05) is 12.1 Å². The van der Waals surface area contributed by atoms with E-state index in [-0.39, 0.29) is 0 Å². The number of nitrogens with zero attached hydrogens (tertiary/aromatic N) is 1. The van der Waals surface area contributed by atoms with Gasteiger partial charge in [0.05, 0.1) is 6.61 Å². The van der Waals surface area contributed by atoms with Crippen LogP contribution in [-0.2, 0) is 6.42 Å². The van der Waals surface area contributed by atoms with E-state index in [1.165, 1.54) is 24.8 Å². The van der Waals surface area contributed by atoms with Crippen LogP contribution >= 0.6 is 0 Å². The molecule has 0 bridgehead atoms. The highest BCUT2D eigenvalue weighted by atomic mass is 16.3. The first-order valence-corrected chi connectivity index (χ1v) is 6.99. The molecule has 3 heteroatoms. The first-order chi connectivity index (χ1) is 8.79. The van der Waals surface area contributed by atoms with Crippen molar-refractivity contribution in [3.05, 3.63) is 29.8 Å². The summed E-state index contributed by atoms with van der Waals surface area (Å²) in [6.45, 7) is 2.46. The average Bonchev–Trinajstić information content (AvgIpc) is 2.63. The number of nitrogens with two attached hydrogens (primary N) is 1. The number of rotatable bonds is 4. The van der Waals surface area contributed by atoms with Crippen LogP contribution in [0.1, 0.15) is 31.2 Å². The quantitative estimate of drug-likeness (QED) is 0.802. The lowest BCUT2D eigenvalue weighted by molar-refractivity contribution is 0.125. The lowest BCUT2D eigenvalue weighted by atomic mass is 10.1. The summed E-state index contributed by atoms with van der Waals surface area (Å²) in [7, 11) is 0. The maximum Gasteiger partial charge on any atom is 0.0586 e. The third-order valence-corrected chi connectivity index (χ3v) is 3.88. The topological polar surface area (TPSA) is 49.5 Å². The Morgan fingerprint density at radius 1 is 1.17 bits per heavy atom. The van der Waals surface area contributed by atoms with Gasteiger partial charge < -0.3 is 10.8 Å². The summed E-state index contributed by atoms with van der Waals surface area (Å²) in [6.07, 6.45) is 5.99. The Hall–Kier alpha value is -1.06. The smallest absolute Gasteiger partial charge is 0.0586 e. The number of aliphatic hydroxyl groups is 1. The van der Waals surface area contributed by atoms with Gasteiger partial charge in [0.2, 0.25) is 0 Å². The van der Waals surface area contributed by atoms with E-state index >= 15 is 0 Å². The SMILES string of the molecule is Nc1ccc(CCN2CCCCCC2CO)cc1. The fourth-order valence-corrected chi connectivity index (χ4v) is 2.69. The van der Waals surface area contributed by atoms with E-state index in [2.05, 4.69) is 17.0 Å². The maximum absolute atomic E-state index is 9.46. The van der Waals surface area contributed by atoms with Crippen LogP contribution in [0.2, 0.25) is 0 Å². The van der Waals surface area contributed by atoms with Gasteiger partial charge in [-0.3, -0.25) is 4.90 Å². The highest BCUT2D eigenvalue weighted by molar-refractivity contribution is 5.39. The molecule has 1 atom stereocenters. The molecule has 100 valence electrons. The summed E-state index contributed by atoms with van der Waals surface area (Å²) in [5.41, 5.74) is 7.83. The first kappa shape index (κ1) is 13.4. The summed E-state index contributed by atoms with van der Waals surface area (Å²) in [6, 6.07) is 8.48. The van der Waals surface area contributed by atoms with Gasteiger partial charge in [-0.1, -0.05) is 25.0 Å². The molecule has 0 saturated carbocycles. The zero-order valence-electron chi connectivity index (χ0n) is 11.0. The molecule has 1 aliphatic rings. The lowest BCUT2D eigenvalue weighted by Crippen LogP contribution is -2.38. The molecular weight excluding hydrogens is 224 g/mol. The van der Waals surface area contributed by atoms with Crippen molar-refractivity contribution in [2.75, 3.05) is 25.4 Å². The largest absolute Gasteiger partial charge is 0.399 e. The number of likely N-dealkylation sites (tertiary alicyclic amines) is 1. The van der Waals surface area contributed by atoms with Crippen LogP contribution in [0, 0.1) is 0 Å². The normalized spacial score (nSPS) is 21.7. The molecule has 2 rings (SSSR count). The van der Waals surface area contributed by atoms with Gasteiger partial charge in [0, 0.05) is 18.3 Å². The minimum atomic E-state index is 0.293. The highest BCUT2D eigenvalue weighted by Gasteiger charge is 2.19. The van der Waals surface area contributed by atoms with Crippen molar-refractivity contribution < 1.29 is 5.11 Å². The van der Waals surface area contributed by atoms with E-state index in [4.69, 9.17) is 5.73 Å². The molecule has 1 fully saturated rings. The zero-order chi connectivity index (χ0) is 12.8. The van der Waals surface area contributed by atoms with E-state index in [1.54, 1.807) is 0 Å². The molecule has 3 N–H and O–H groups in total. The van der Waals surface area contributed by atoms with Crippen molar-refractivity contribution in [1.29, 1.82) is 0 Å². The third kappa shape index (κ3) is 3.72. The number of aliphatic hydroxyl groups excluding tert-OH is 1. The van der Waals surface area contributed by atoms with Crippen molar-refractivity contribution in [3.8, 4) is 0 Å². The molecule has 1 heterocycles. The molecule has 0 amide bonds. The van der Waals surface area contributed by atoms with Gasteiger partial charge in [-0.15, -0.1) is 0 Å². The van der Waals surface area contributed by atoms with Crippen molar-refractivity contribution in [2.45, 2.75) is 38.1 Å². The fourth-order valence-electron chi connectivity index (χ4n) is 2.69. The molecule has 1 aliphatic heterocycles. The number of hydrogen-bond acceptors (Lipinski definition) is 3. The predicted octanol–water partition coefficient (Wildman–Crippen LogP) is 2.05. The van der Waals surface area contributed by atoms with Crippen LogP contribution in [0.4, 0.5) is 5.69 Å². The van der Waals surface area contributed by atoms with Crippen molar-refractivity contribution in [1.82, 2.24) is 4.90 Å². The average molecular weight is 248 g/mol. The van der Waals surface area contributed by atoms with E-state index in [0.29, 0.717) is 12.6 Å². The lowest BCUT2D eigenvalue weighted by Gasteiger charge is -2.28. The predicted molar refractivity (Wildman–Crippen MR) is 75.5 cm³/mol. The summed E-state index contributed by atoms with van der Waals surface area (Å²) in [5, 5.41) is 9.46. The van der Waals surface area contributed by atoms with Crippen LogP contribution in [0.15, 0.2) is 24.3 Å². The summed E-state index contributed by atoms with van der Waals surface area (Å²) >= 11 is 0. The Morgan fingerprint density at radius 3 is 2.67 bits per heavy atom. The molecule has 1 aromatic carbocycles. The zero-order valence-corrected chi connectivity index (χ0v) is 11.0. The highest BCUT2D eigenvalue weighted by Crippen LogP contribution is 2.17. The second-order valence-corrected chi connectivity index (χ2v) is 5.21. The molecule has 0 radical (unpaired) electrons. The van der Waals surface area contributed by atoms with Gasteiger partial charge in [0.1, 0.15) is 0 Å². The number of hydrogen-bond donors (Lipinski definition) is 2. The van der Waals surface area contributed by atoms with E-state index < -0.39 is 0 Å². The summed E-state index contributed by atoms with van der Waals surface area (Å²) in [5.74, 6) is 0. The minimum absolute atomic E-state index is 0.293. The van der Waals surface area contributed by atoms with Gasteiger partial charge in [0.15, 0.2) is 0 Å². The van der Waals surface area contributed by atoms with Gasteiger partial charge in [-0.25, -0.2) is 0 Å². The standard InChI is InChI=1S/C15H24N2O/c16-14-7-5-13(6-8-14)9-11-17-10-3-1-2-4-15(17)12-18/h5-8,15,18H,1-4,9-12,16H2. The second kappa shape index (κ2) is 6.76. The molecule has 3 nitrogen and oxygen atoms in total. The molecule has 1 saturated heterocycles. The molecule has 0 aromatic heterocycles.